The molecule has 1 aliphatic rings. The molecule has 2 aromatic rings. The summed E-state index contributed by atoms with van der Waals surface area (Å²) < 4.78 is 5.03. The highest BCUT2D eigenvalue weighted by Crippen LogP contribution is 2.26. The molecule has 142 valence electrons. The average molecular weight is 409 g/mol. The monoisotopic (exact) mass is 408 g/mol. The molecule has 6 nitrogen and oxygen atoms in total. The van der Waals surface area contributed by atoms with E-state index in [1.54, 1.807) is 28.0 Å². The Kier molecular flexibility index (Phi) is 5.77. The van der Waals surface area contributed by atoms with Gasteiger partial charge in [-0.2, -0.15) is 0 Å². The van der Waals surface area contributed by atoms with Crippen LogP contribution in [0, 0.1) is 0 Å². The van der Waals surface area contributed by atoms with Gasteiger partial charge in [-0.15, -0.1) is 0 Å². The van der Waals surface area contributed by atoms with Crippen molar-refractivity contribution in [3.8, 4) is 11.5 Å². The van der Waals surface area contributed by atoms with Gasteiger partial charge in [0.1, 0.15) is 11.5 Å². The van der Waals surface area contributed by atoms with E-state index >= 15 is 0 Å². The lowest BCUT2D eigenvalue weighted by Crippen LogP contribution is -2.50. The Balaban J connectivity index is 1.66. The molecular formula is C19H18Cl2N2O4. The first-order chi connectivity index (χ1) is 12.9. The molecule has 2 aromatic carbocycles. The Labute approximate surface area is 166 Å². The van der Waals surface area contributed by atoms with Crippen molar-refractivity contribution < 1.29 is 19.4 Å². The number of methoxy groups -OCH3 is 1. The van der Waals surface area contributed by atoms with Crippen molar-refractivity contribution in [2.75, 3.05) is 33.3 Å². The first-order valence-electron chi connectivity index (χ1n) is 8.31. The van der Waals surface area contributed by atoms with Crippen LogP contribution in [0.3, 0.4) is 0 Å². The zero-order valence-corrected chi connectivity index (χ0v) is 16.1. The number of piperazine rings is 1. The van der Waals surface area contributed by atoms with Crippen LogP contribution in [0.5, 0.6) is 11.5 Å². The Hall–Kier alpha value is -2.44. The molecule has 0 unspecified atom stereocenters. The summed E-state index contributed by atoms with van der Waals surface area (Å²) in [7, 11) is 1.49. The molecule has 0 radical (unpaired) electrons. The van der Waals surface area contributed by atoms with E-state index in [0.717, 1.165) is 0 Å². The van der Waals surface area contributed by atoms with Gasteiger partial charge in [0.15, 0.2) is 0 Å². The number of hydrogen-bond acceptors (Lipinski definition) is 4. The molecule has 0 saturated carbocycles. The first-order valence-corrected chi connectivity index (χ1v) is 9.07. The number of phenols is 1. The van der Waals surface area contributed by atoms with Gasteiger partial charge in [0.05, 0.1) is 23.3 Å². The lowest BCUT2D eigenvalue weighted by molar-refractivity contribution is 0.0533. The summed E-state index contributed by atoms with van der Waals surface area (Å²) in [6.45, 7) is 1.48. The van der Waals surface area contributed by atoms with Gasteiger partial charge in [0.25, 0.3) is 11.8 Å². The molecule has 27 heavy (non-hydrogen) atoms. The highest BCUT2D eigenvalue weighted by atomic mass is 35.5. The van der Waals surface area contributed by atoms with Crippen LogP contribution < -0.4 is 4.74 Å². The number of ether oxygens (including phenoxy) is 1. The maximum atomic E-state index is 12.6. The third-order valence-electron chi connectivity index (χ3n) is 4.45. The number of hydrogen-bond donors (Lipinski definition) is 1. The van der Waals surface area contributed by atoms with Crippen molar-refractivity contribution in [3.05, 3.63) is 57.6 Å². The van der Waals surface area contributed by atoms with Gasteiger partial charge in [-0.3, -0.25) is 9.59 Å². The molecule has 8 heteroatoms. The minimum Gasteiger partial charge on any atom is -0.507 e. The number of halogens is 2. The molecule has 0 aromatic heterocycles. The van der Waals surface area contributed by atoms with Crippen molar-refractivity contribution >= 4 is 35.0 Å². The van der Waals surface area contributed by atoms with Gasteiger partial charge >= 0.3 is 0 Å². The van der Waals surface area contributed by atoms with Crippen LogP contribution in [-0.2, 0) is 0 Å². The third-order valence-corrected chi connectivity index (χ3v) is 5.00. The van der Waals surface area contributed by atoms with Crippen LogP contribution in [0.2, 0.25) is 10.0 Å². The Morgan fingerprint density at radius 1 is 0.926 bits per heavy atom. The van der Waals surface area contributed by atoms with Crippen molar-refractivity contribution in [1.29, 1.82) is 0 Å². The summed E-state index contributed by atoms with van der Waals surface area (Å²) in [4.78, 5) is 28.5. The lowest BCUT2D eigenvalue weighted by Gasteiger charge is -2.35. The number of phenolic OH excluding ortho intramolecular Hbond substituents is 1. The molecule has 3 rings (SSSR count). The van der Waals surface area contributed by atoms with E-state index in [9.17, 15) is 14.7 Å². The zero-order valence-electron chi connectivity index (χ0n) is 14.6. The van der Waals surface area contributed by atoms with E-state index in [4.69, 9.17) is 27.9 Å². The van der Waals surface area contributed by atoms with Gasteiger partial charge in [-0.05, 0) is 30.3 Å². The number of rotatable bonds is 3. The maximum absolute atomic E-state index is 12.6. The Morgan fingerprint density at radius 3 is 2.00 bits per heavy atom. The van der Waals surface area contributed by atoms with Gasteiger partial charge in [-0.25, -0.2) is 0 Å². The summed E-state index contributed by atoms with van der Waals surface area (Å²) >= 11 is 12.0. The lowest BCUT2D eigenvalue weighted by atomic mass is 10.1. The van der Waals surface area contributed by atoms with Crippen LogP contribution in [0.1, 0.15) is 20.7 Å². The molecule has 0 spiro atoms. The topological polar surface area (TPSA) is 70.1 Å². The second-order valence-corrected chi connectivity index (χ2v) is 6.94. The van der Waals surface area contributed by atoms with Gasteiger partial charge in [0.2, 0.25) is 0 Å². The highest BCUT2D eigenvalue weighted by molar-refractivity contribution is 6.36. The molecule has 1 heterocycles. The molecule has 0 atom stereocenters. The fourth-order valence-electron chi connectivity index (χ4n) is 2.94. The van der Waals surface area contributed by atoms with Crippen LogP contribution in [-0.4, -0.2) is 60.0 Å². The zero-order chi connectivity index (χ0) is 19.6. The van der Waals surface area contributed by atoms with Gasteiger partial charge < -0.3 is 19.6 Å². The van der Waals surface area contributed by atoms with E-state index in [1.165, 1.54) is 25.3 Å². The minimum atomic E-state index is -0.285. The van der Waals surface area contributed by atoms with Crippen LogP contribution in [0.15, 0.2) is 36.4 Å². The maximum Gasteiger partial charge on any atom is 0.257 e. The van der Waals surface area contributed by atoms with E-state index in [-0.39, 0.29) is 23.1 Å². The number of benzene rings is 2. The van der Waals surface area contributed by atoms with Crippen LogP contribution >= 0.6 is 23.2 Å². The summed E-state index contributed by atoms with van der Waals surface area (Å²) in [5, 5.41) is 10.8. The molecule has 1 aliphatic heterocycles. The predicted molar refractivity (Wildman–Crippen MR) is 103 cm³/mol. The Morgan fingerprint density at radius 2 is 1.48 bits per heavy atom. The number of carbonyl (C=O) groups excluding carboxylic acids is 2. The molecule has 1 N–H and O–H groups in total. The number of aromatic hydroxyl groups is 1. The van der Waals surface area contributed by atoms with Crippen LogP contribution in [0.25, 0.3) is 0 Å². The Bertz CT molecular complexity index is 880. The number of nitrogens with zero attached hydrogens (tertiary/aromatic N) is 2. The SMILES string of the molecule is COc1ccc(C(=O)N2CCN(C(=O)c3ccc(Cl)cc3Cl)CC2)c(O)c1. The quantitative estimate of drug-likeness (QED) is 0.845. The standard InChI is InChI=1S/C19H18Cl2N2O4/c1-27-13-3-5-15(17(24)11-13)19(26)23-8-6-22(7-9-23)18(25)14-4-2-12(20)10-16(14)21/h2-5,10-11,24H,6-9H2,1H3. The second kappa shape index (κ2) is 8.06. The van der Waals surface area contributed by atoms with Gasteiger partial charge in [-0.1, -0.05) is 23.2 Å². The average Bonchev–Trinajstić information content (AvgIpc) is 2.67. The molecule has 0 aliphatic carbocycles. The fraction of sp³-hybridized carbons (Fsp3) is 0.263. The van der Waals surface area contributed by atoms with Crippen molar-refractivity contribution in [2.24, 2.45) is 0 Å². The van der Waals surface area contributed by atoms with E-state index < -0.39 is 0 Å². The largest absolute Gasteiger partial charge is 0.507 e. The van der Waals surface area contributed by atoms with Crippen molar-refractivity contribution in [3.63, 3.8) is 0 Å². The normalized spacial score (nSPS) is 14.2. The number of amides is 2. The third kappa shape index (κ3) is 4.12. The summed E-state index contributed by atoms with van der Waals surface area (Å²) in [6, 6.07) is 9.29. The van der Waals surface area contributed by atoms with E-state index in [2.05, 4.69) is 0 Å². The van der Waals surface area contributed by atoms with Gasteiger partial charge in [0, 0.05) is 37.3 Å². The summed E-state index contributed by atoms with van der Waals surface area (Å²) in [5.41, 5.74) is 0.588. The number of carbonyl (C=O) groups is 2. The molecule has 1 fully saturated rings. The molecular weight excluding hydrogens is 391 g/mol. The van der Waals surface area contributed by atoms with Crippen molar-refractivity contribution in [2.45, 2.75) is 0 Å². The molecule has 0 bridgehead atoms. The van der Waals surface area contributed by atoms with E-state index in [0.29, 0.717) is 47.5 Å². The smallest absolute Gasteiger partial charge is 0.257 e. The van der Waals surface area contributed by atoms with Crippen molar-refractivity contribution in [1.82, 2.24) is 9.80 Å². The van der Waals surface area contributed by atoms with E-state index in [1.807, 2.05) is 0 Å². The molecule has 2 amide bonds. The molecule has 1 saturated heterocycles. The summed E-state index contributed by atoms with van der Waals surface area (Å²) in [5.74, 6) is -0.145. The minimum absolute atomic E-state index is 0.134. The highest BCUT2D eigenvalue weighted by Gasteiger charge is 2.27. The first kappa shape index (κ1) is 19.3. The van der Waals surface area contributed by atoms with Crippen LogP contribution in [0.4, 0.5) is 0 Å². The predicted octanol–water partition coefficient (Wildman–Crippen LogP) is 3.31. The fourth-order valence-corrected chi connectivity index (χ4v) is 3.42. The summed E-state index contributed by atoms with van der Waals surface area (Å²) in [6.07, 6.45) is 0. The second-order valence-electron chi connectivity index (χ2n) is 6.09.